The Morgan fingerprint density at radius 2 is 1.96 bits per heavy atom. The number of hydrazone groups is 1. The molecule has 0 atom stereocenters. The number of aryl methyl sites for hydroxylation is 1. The Morgan fingerprint density at radius 1 is 1.17 bits per heavy atom. The molecule has 0 saturated heterocycles. The predicted molar refractivity (Wildman–Crippen MR) is 95.9 cm³/mol. The van der Waals surface area contributed by atoms with Crippen LogP contribution in [0.15, 0.2) is 68.7 Å². The number of halogens is 1. The first kappa shape index (κ1) is 16.1. The van der Waals surface area contributed by atoms with Crippen LogP contribution in [0.1, 0.15) is 21.8 Å². The standard InChI is InChI=1S/C18H14BrN3O2/c1-12-2-3-14(10-20-12)18(23)22-21-11-16-8-9-17(24-16)13-4-6-15(19)7-5-13/h2-11H,1H3,(H,22,23)/b21-11-. The third-order valence-electron chi connectivity index (χ3n) is 3.29. The fraction of sp³-hybridized carbons (Fsp3) is 0.0556. The van der Waals surface area contributed by atoms with Crippen molar-refractivity contribution in [3.8, 4) is 11.3 Å². The van der Waals surface area contributed by atoms with Gasteiger partial charge in [-0.2, -0.15) is 5.10 Å². The van der Waals surface area contributed by atoms with Crippen molar-refractivity contribution < 1.29 is 9.21 Å². The molecule has 3 aromatic rings. The summed E-state index contributed by atoms with van der Waals surface area (Å²) in [6.07, 6.45) is 2.97. The summed E-state index contributed by atoms with van der Waals surface area (Å²) >= 11 is 3.40. The summed E-state index contributed by atoms with van der Waals surface area (Å²) in [7, 11) is 0. The van der Waals surface area contributed by atoms with Crippen molar-refractivity contribution in [2.75, 3.05) is 0 Å². The molecule has 0 saturated carbocycles. The summed E-state index contributed by atoms with van der Waals surface area (Å²) in [6.45, 7) is 1.86. The molecule has 0 aliphatic heterocycles. The lowest BCUT2D eigenvalue weighted by molar-refractivity contribution is 0.0954. The third kappa shape index (κ3) is 3.97. The maximum atomic E-state index is 11.9. The average molecular weight is 384 g/mol. The van der Waals surface area contributed by atoms with Crippen LogP contribution in [0, 0.1) is 6.92 Å². The molecule has 1 N–H and O–H groups in total. The summed E-state index contributed by atoms with van der Waals surface area (Å²) < 4.78 is 6.69. The van der Waals surface area contributed by atoms with Crippen LogP contribution in [0.4, 0.5) is 0 Å². The molecule has 2 aromatic heterocycles. The van der Waals surface area contributed by atoms with E-state index in [9.17, 15) is 4.79 Å². The summed E-state index contributed by atoms with van der Waals surface area (Å²) in [5.74, 6) is 0.965. The lowest BCUT2D eigenvalue weighted by atomic mass is 10.2. The molecule has 6 heteroatoms. The lowest BCUT2D eigenvalue weighted by Gasteiger charge is -1.99. The molecule has 0 bridgehead atoms. The number of carbonyl (C=O) groups excluding carboxylic acids is 1. The maximum absolute atomic E-state index is 11.9. The smallest absolute Gasteiger partial charge is 0.272 e. The molecule has 0 radical (unpaired) electrons. The van der Waals surface area contributed by atoms with Gasteiger partial charge in [0.05, 0.1) is 11.8 Å². The highest BCUT2D eigenvalue weighted by molar-refractivity contribution is 9.10. The number of pyridine rings is 1. The van der Waals surface area contributed by atoms with E-state index in [1.165, 1.54) is 12.4 Å². The fourth-order valence-corrected chi connectivity index (χ4v) is 2.28. The van der Waals surface area contributed by atoms with E-state index in [1.54, 1.807) is 18.2 Å². The SMILES string of the molecule is Cc1ccc(C(=O)N/N=C\c2ccc(-c3ccc(Br)cc3)o2)cn1. The van der Waals surface area contributed by atoms with Crippen LogP contribution in [0.2, 0.25) is 0 Å². The van der Waals surface area contributed by atoms with E-state index in [0.717, 1.165) is 21.5 Å². The summed E-state index contributed by atoms with van der Waals surface area (Å²) in [5, 5.41) is 3.91. The second-order valence-electron chi connectivity index (χ2n) is 5.10. The fourth-order valence-electron chi connectivity index (χ4n) is 2.01. The van der Waals surface area contributed by atoms with Gasteiger partial charge in [-0.05, 0) is 43.3 Å². The zero-order chi connectivity index (χ0) is 16.9. The summed E-state index contributed by atoms with van der Waals surface area (Å²) in [4.78, 5) is 16.0. The van der Waals surface area contributed by atoms with Crippen LogP contribution in [-0.4, -0.2) is 17.1 Å². The van der Waals surface area contributed by atoms with Gasteiger partial charge in [-0.15, -0.1) is 0 Å². The maximum Gasteiger partial charge on any atom is 0.272 e. The minimum absolute atomic E-state index is 0.321. The first-order valence-corrected chi connectivity index (χ1v) is 8.03. The molecule has 2 heterocycles. The minimum Gasteiger partial charge on any atom is -0.455 e. The van der Waals surface area contributed by atoms with Crippen molar-refractivity contribution in [3.05, 3.63) is 76.2 Å². The normalized spacial score (nSPS) is 10.9. The van der Waals surface area contributed by atoms with E-state index >= 15 is 0 Å². The second kappa shape index (κ2) is 7.23. The van der Waals surface area contributed by atoms with Crippen molar-refractivity contribution in [1.29, 1.82) is 0 Å². The molecule has 24 heavy (non-hydrogen) atoms. The number of furan rings is 1. The molecule has 5 nitrogen and oxygen atoms in total. The molecule has 1 amide bonds. The van der Waals surface area contributed by atoms with Gasteiger partial charge in [-0.3, -0.25) is 9.78 Å². The average Bonchev–Trinajstić information content (AvgIpc) is 3.05. The van der Waals surface area contributed by atoms with Crippen LogP contribution in [0.5, 0.6) is 0 Å². The monoisotopic (exact) mass is 383 g/mol. The quantitative estimate of drug-likeness (QED) is 0.542. The number of nitrogens with one attached hydrogen (secondary N) is 1. The van der Waals surface area contributed by atoms with Crippen molar-refractivity contribution in [2.45, 2.75) is 6.92 Å². The number of rotatable bonds is 4. The highest BCUT2D eigenvalue weighted by Crippen LogP contribution is 2.23. The van der Waals surface area contributed by atoms with E-state index < -0.39 is 0 Å². The molecule has 0 fully saturated rings. The topological polar surface area (TPSA) is 67.5 Å². The van der Waals surface area contributed by atoms with Crippen molar-refractivity contribution in [3.63, 3.8) is 0 Å². The van der Waals surface area contributed by atoms with Gasteiger partial charge in [0.25, 0.3) is 5.91 Å². The Morgan fingerprint density at radius 3 is 2.67 bits per heavy atom. The van der Waals surface area contributed by atoms with Gasteiger partial charge < -0.3 is 4.42 Å². The minimum atomic E-state index is -0.321. The summed E-state index contributed by atoms with van der Waals surface area (Å²) in [6, 6.07) is 14.9. The van der Waals surface area contributed by atoms with E-state index in [2.05, 4.69) is 31.4 Å². The first-order valence-electron chi connectivity index (χ1n) is 7.24. The van der Waals surface area contributed by atoms with E-state index in [1.807, 2.05) is 37.3 Å². The number of nitrogens with zero attached hydrogens (tertiary/aromatic N) is 2. The number of amides is 1. The van der Waals surface area contributed by atoms with Gasteiger partial charge in [0.1, 0.15) is 11.5 Å². The molecule has 120 valence electrons. The predicted octanol–water partition coefficient (Wildman–Crippen LogP) is 4.18. The largest absolute Gasteiger partial charge is 0.455 e. The Hall–Kier alpha value is -2.73. The van der Waals surface area contributed by atoms with E-state index in [-0.39, 0.29) is 5.91 Å². The van der Waals surface area contributed by atoms with Gasteiger partial charge in [0.2, 0.25) is 0 Å². The highest BCUT2D eigenvalue weighted by atomic mass is 79.9. The Bertz CT molecular complexity index is 868. The van der Waals surface area contributed by atoms with Crippen molar-refractivity contribution in [1.82, 2.24) is 10.4 Å². The van der Waals surface area contributed by atoms with Crippen LogP contribution in [-0.2, 0) is 0 Å². The van der Waals surface area contributed by atoms with Gasteiger partial charge in [0, 0.05) is 21.9 Å². The highest BCUT2D eigenvalue weighted by Gasteiger charge is 2.05. The number of benzene rings is 1. The molecule has 0 aliphatic rings. The molecular weight excluding hydrogens is 370 g/mol. The number of hydrogen-bond donors (Lipinski definition) is 1. The van der Waals surface area contributed by atoms with Gasteiger partial charge in [0.15, 0.2) is 0 Å². The molecule has 0 spiro atoms. The van der Waals surface area contributed by atoms with Crippen molar-refractivity contribution >= 4 is 28.1 Å². The Balaban J connectivity index is 1.64. The molecule has 1 aromatic carbocycles. The third-order valence-corrected chi connectivity index (χ3v) is 3.82. The zero-order valence-corrected chi connectivity index (χ0v) is 14.4. The number of hydrogen-bond acceptors (Lipinski definition) is 4. The van der Waals surface area contributed by atoms with Crippen molar-refractivity contribution in [2.24, 2.45) is 5.10 Å². The molecule has 0 unspecified atom stereocenters. The Kier molecular flexibility index (Phi) is 4.86. The number of carbonyl (C=O) groups is 1. The number of aromatic nitrogens is 1. The lowest BCUT2D eigenvalue weighted by Crippen LogP contribution is -2.17. The first-order chi connectivity index (χ1) is 11.6. The van der Waals surface area contributed by atoms with E-state index in [4.69, 9.17) is 4.42 Å². The van der Waals surface area contributed by atoms with Crippen LogP contribution in [0.3, 0.4) is 0 Å². The van der Waals surface area contributed by atoms with Gasteiger partial charge >= 0.3 is 0 Å². The van der Waals surface area contributed by atoms with Crippen LogP contribution < -0.4 is 5.43 Å². The molecule has 0 aliphatic carbocycles. The zero-order valence-electron chi connectivity index (χ0n) is 12.9. The second-order valence-corrected chi connectivity index (χ2v) is 6.01. The van der Waals surface area contributed by atoms with Gasteiger partial charge in [-0.25, -0.2) is 5.43 Å². The van der Waals surface area contributed by atoms with Gasteiger partial charge in [-0.1, -0.05) is 28.1 Å². The van der Waals surface area contributed by atoms with Crippen LogP contribution in [0.25, 0.3) is 11.3 Å². The van der Waals surface area contributed by atoms with E-state index in [0.29, 0.717) is 11.3 Å². The Labute approximate surface area is 147 Å². The molecule has 3 rings (SSSR count). The molecular formula is C18H14BrN3O2. The van der Waals surface area contributed by atoms with Crippen LogP contribution >= 0.6 is 15.9 Å². The summed E-state index contributed by atoms with van der Waals surface area (Å²) in [5.41, 5.74) is 4.72.